The number of carbonyl (C=O) groups is 1. The summed E-state index contributed by atoms with van der Waals surface area (Å²) in [5, 5.41) is 9.73. The molecule has 2 aromatic rings. The summed E-state index contributed by atoms with van der Waals surface area (Å²) < 4.78 is 0.999. The Morgan fingerprint density at radius 3 is 2.60 bits per heavy atom. The Morgan fingerprint density at radius 1 is 1.35 bits per heavy atom. The molecule has 0 atom stereocenters. The number of rotatable bonds is 3. The number of hydrogen-bond acceptors (Lipinski definition) is 3. The largest absolute Gasteiger partial charge is 0.319 e. The molecule has 0 saturated heterocycles. The summed E-state index contributed by atoms with van der Waals surface area (Å²) >= 11 is 3.44. The number of nitrogens with zero attached hydrogens (tertiary/aromatic N) is 2. The Morgan fingerprint density at radius 2 is 2.00 bits per heavy atom. The molecule has 1 fully saturated rings. The van der Waals surface area contributed by atoms with Crippen LogP contribution < -0.4 is 5.32 Å². The van der Waals surface area contributed by atoms with Crippen molar-refractivity contribution in [3.05, 3.63) is 39.4 Å². The van der Waals surface area contributed by atoms with Gasteiger partial charge in [0.2, 0.25) is 5.82 Å². The van der Waals surface area contributed by atoms with Gasteiger partial charge >= 0.3 is 0 Å². The van der Waals surface area contributed by atoms with Gasteiger partial charge in [-0.3, -0.25) is 9.89 Å². The number of amides is 1. The van der Waals surface area contributed by atoms with Gasteiger partial charge in [-0.05, 0) is 49.9 Å². The number of aromatic nitrogens is 3. The minimum atomic E-state index is -0.276. The molecule has 1 aliphatic rings. The first-order valence-electron chi connectivity index (χ1n) is 6.55. The number of anilines is 1. The van der Waals surface area contributed by atoms with E-state index < -0.39 is 0 Å². The molecule has 6 heteroatoms. The van der Waals surface area contributed by atoms with Crippen molar-refractivity contribution >= 4 is 27.5 Å². The summed E-state index contributed by atoms with van der Waals surface area (Å²) in [6.07, 6.45) is 2.25. The van der Waals surface area contributed by atoms with Crippen molar-refractivity contribution in [2.75, 3.05) is 5.32 Å². The van der Waals surface area contributed by atoms with Crippen LogP contribution in [0, 0.1) is 13.8 Å². The molecular formula is C14H15BrN4O. The molecule has 1 heterocycles. The van der Waals surface area contributed by atoms with Crippen LogP contribution in [0.15, 0.2) is 16.6 Å². The highest BCUT2D eigenvalue weighted by molar-refractivity contribution is 9.10. The summed E-state index contributed by atoms with van der Waals surface area (Å²) in [6.45, 7) is 3.92. The molecule has 20 heavy (non-hydrogen) atoms. The van der Waals surface area contributed by atoms with E-state index in [9.17, 15) is 4.79 Å². The van der Waals surface area contributed by atoms with Crippen LogP contribution >= 0.6 is 15.9 Å². The van der Waals surface area contributed by atoms with Crippen molar-refractivity contribution < 1.29 is 4.79 Å². The van der Waals surface area contributed by atoms with Crippen molar-refractivity contribution in [1.82, 2.24) is 15.2 Å². The number of benzene rings is 1. The first kappa shape index (κ1) is 13.3. The molecule has 0 bridgehead atoms. The Hall–Kier alpha value is -1.69. The predicted octanol–water partition coefficient (Wildman–Crippen LogP) is 3.31. The summed E-state index contributed by atoms with van der Waals surface area (Å²) in [7, 11) is 0. The van der Waals surface area contributed by atoms with Gasteiger partial charge in [-0.25, -0.2) is 4.98 Å². The third-order valence-corrected chi connectivity index (χ3v) is 3.86. The minimum Gasteiger partial charge on any atom is -0.319 e. The zero-order valence-corrected chi connectivity index (χ0v) is 12.9. The monoisotopic (exact) mass is 334 g/mol. The lowest BCUT2D eigenvalue weighted by molar-refractivity contribution is 0.101. The van der Waals surface area contributed by atoms with Crippen molar-refractivity contribution in [3.63, 3.8) is 0 Å². The number of hydrogen-bond donors (Lipinski definition) is 2. The Labute approximate surface area is 125 Å². The molecule has 1 aromatic heterocycles. The Balaban J connectivity index is 1.81. The van der Waals surface area contributed by atoms with Gasteiger partial charge in [0.15, 0.2) is 0 Å². The SMILES string of the molecule is Cc1cc(Br)cc(C)c1NC(=O)c1n[nH]c(C2CC2)n1. The smallest absolute Gasteiger partial charge is 0.295 e. The summed E-state index contributed by atoms with van der Waals surface area (Å²) in [6, 6.07) is 3.94. The molecule has 1 amide bonds. The third-order valence-electron chi connectivity index (χ3n) is 3.41. The van der Waals surface area contributed by atoms with Gasteiger partial charge in [0.1, 0.15) is 5.82 Å². The van der Waals surface area contributed by atoms with Crippen LogP contribution in [-0.4, -0.2) is 21.1 Å². The van der Waals surface area contributed by atoms with Crippen molar-refractivity contribution in [1.29, 1.82) is 0 Å². The van der Waals surface area contributed by atoms with Crippen molar-refractivity contribution in [2.45, 2.75) is 32.6 Å². The highest BCUT2D eigenvalue weighted by Crippen LogP contribution is 2.37. The summed E-state index contributed by atoms with van der Waals surface area (Å²) in [5.41, 5.74) is 2.82. The molecule has 2 N–H and O–H groups in total. The fourth-order valence-corrected chi connectivity index (χ4v) is 2.88. The highest BCUT2D eigenvalue weighted by Gasteiger charge is 2.28. The number of halogens is 1. The van der Waals surface area contributed by atoms with E-state index in [1.807, 2.05) is 26.0 Å². The molecule has 1 aromatic carbocycles. The molecule has 3 rings (SSSR count). The molecule has 0 spiro atoms. The maximum absolute atomic E-state index is 12.2. The number of carbonyl (C=O) groups excluding carboxylic acids is 1. The summed E-state index contributed by atoms with van der Waals surface area (Å²) in [4.78, 5) is 16.4. The fourth-order valence-electron chi connectivity index (χ4n) is 2.19. The van der Waals surface area contributed by atoms with Gasteiger partial charge in [0.05, 0.1) is 0 Å². The van der Waals surface area contributed by atoms with E-state index in [-0.39, 0.29) is 11.7 Å². The average Bonchev–Trinajstić information content (AvgIpc) is 3.11. The number of aryl methyl sites for hydroxylation is 2. The first-order valence-corrected chi connectivity index (χ1v) is 7.34. The Kier molecular flexibility index (Phi) is 3.33. The lowest BCUT2D eigenvalue weighted by Gasteiger charge is -2.10. The number of H-pyrrole nitrogens is 1. The van der Waals surface area contributed by atoms with E-state index in [1.165, 1.54) is 0 Å². The van der Waals surface area contributed by atoms with Gasteiger partial charge in [0.25, 0.3) is 5.91 Å². The number of aromatic amines is 1. The molecular weight excluding hydrogens is 320 g/mol. The Bertz CT molecular complexity index is 653. The standard InChI is InChI=1S/C14H15BrN4O/c1-7-5-10(15)6-8(2)11(7)16-14(20)13-17-12(18-19-13)9-3-4-9/h5-6,9H,3-4H2,1-2H3,(H,16,20)(H,17,18,19). The molecule has 0 aliphatic heterocycles. The maximum atomic E-state index is 12.2. The molecule has 0 unspecified atom stereocenters. The topological polar surface area (TPSA) is 70.7 Å². The van der Waals surface area contributed by atoms with Gasteiger partial charge in [-0.1, -0.05) is 15.9 Å². The van der Waals surface area contributed by atoms with Gasteiger partial charge in [-0.2, -0.15) is 0 Å². The molecule has 1 saturated carbocycles. The van der Waals surface area contributed by atoms with E-state index in [0.717, 1.165) is 40.0 Å². The number of nitrogens with one attached hydrogen (secondary N) is 2. The fraction of sp³-hybridized carbons (Fsp3) is 0.357. The second kappa shape index (κ2) is 5.01. The normalized spacial score (nSPS) is 14.3. The first-order chi connectivity index (χ1) is 9.54. The van der Waals surface area contributed by atoms with Crippen LogP contribution in [0.2, 0.25) is 0 Å². The van der Waals surface area contributed by atoms with Crippen molar-refractivity contribution in [2.24, 2.45) is 0 Å². The van der Waals surface area contributed by atoms with E-state index in [0.29, 0.717) is 5.92 Å². The van der Waals surface area contributed by atoms with E-state index in [2.05, 4.69) is 36.4 Å². The van der Waals surface area contributed by atoms with Crippen molar-refractivity contribution in [3.8, 4) is 0 Å². The second-order valence-electron chi connectivity index (χ2n) is 5.19. The van der Waals surface area contributed by atoms with E-state index in [4.69, 9.17) is 0 Å². The third kappa shape index (κ3) is 2.60. The van der Waals surface area contributed by atoms with Crippen LogP contribution in [0.3, 0.4) is 0 Å². The zero-order chi connectivity index (χ0) is 14.3. The minimum absolute atomic E-state index is 0.202. The maximum Gasteiger partial charge on any atom is 0.295 e. The highest BCUT2D eigenvalue weighted by atomic mass is 79.9. The summed E-state index contributed by atoms with van der Waals surface area (Å²) in [5.74, 6) is 1.20. The van der Waals surface area contributed by atoms with Crippen LogP contribution in [0.4, 0.5) is 5.69 Å². The van der Waals surface area contributed by atoms with Crippen LogP contribution in [0.1, 0.15) is 46.3 Å². The molecule has 1 aliphatic carbocycles. The lowest BCUT2D eigenvalue weighted by atomic mass is 10.1. The van der Waals surface area contributed by atoms with Crippen LogP contribution in [-0.2, 0) is 0 Å². The molecule has 0 radical (unpaired) electrons. The van der Waals surface area contributed by atoms with Gasteiger partial charge in [0, 0.05) is 16.1 Å². The van der Waals surface area contributed by atoms with E-state index >= 15 is 0 Å². The van der Waals surface area contributed by atoms with Crippen LogP contribution in [0.25, 0.3) is 0 Å². The van der Waals surface area contributed by atoms with Gasteiger partial charge in [-0.15, -0.1) is 5.10 Å². The average molecular weight is 335 g/mol. The quantitative estimate of drug-likeness (QED) is 0.904. The van der Waals surface area contributed by atoms with Gasteiger partial charge < -0.3 is 5.32 Å². The predicted molar refractivity (Wildman–Crippen MR) is 79.9 cm³/mol. The van der Waals surface area contributed by atoms with Crippen LogP contribution in [0.5, 0.6) is 0 Å². The van der Waals surface area contributed by atoms with E-state index in [1.54, 1.807) is 0 Å². The molecule has 5 nitrogen and oxygen atoms in total. The molecule has 104 valence electrons. The zero-order valence-electron chi connectivity index (χ0n) is 11.3. The lowest BCUT2D eigenvalue weighted by Crippen LogP contribution is -2.15. The second-order valence-corrected chi connectivity index (χ2v) is 6.10.